The second-order valence-corrected chi connectivity index (χ2v) is 5.86. The predicted octanol–water partition coefficient (Wildman–Crippen LogP) is 1.43. The molecule has 1 fully saturated rings. The molecular weight excluding hydrogens is 280 g/mol. The van der Waals surface area contributed by atoms with Crippen molar-refractivity contribution in [3.8, 4) is 0 Å². The van der Waals surface area contributed by atoms with Crippen LogP contribution in [0.25, 0.3) is 0 Å². The van der Waals surface area contributed by atoms with E-state index in [9.17, 15) is 4.79 Å². The number of carbonyl (C=O) groups is 1. The van der Waals surface area contributed by atoms with Crippen LogP contribution in [0.3, 0.4) is 0 Å². The van der Waals surface area contributed by atoms with Crippen molar-refractivity contribution in [2.75, 3.05) is 18.4 Å². The van der Waals surface area contributed by atoms with Gasteiger partial charge in [0.15, 0.2) is 5.82 Å². The number of hydrogen-bond donors (Lipinski definition) is 2. The molecule has 7 nitrogen and oxygen atoms in total. The Balaban J connectivity index is 1.67. The van der Waals surface area contributed by atoms with Crippen LogP contribution in [0.15, 0.2) is 18.3 Å². The molecule has 0 aromatic carbocycles. The molecule has 0 radical (unpaired) electrons. The van der Waals surface area contributed by atoms with Gasteiger partial charge in [-0.2, -0.15) is 10.2 Å². The van der Waals surface area contributed by atoms with E-state index in [0.29, 0.717) is 11.9 Å². The third-order valence-electron chi connectivity index (χ3n) is 4.06. The van der Waals surface area contributed by atoms with Gasteiger partial charge >= 0.3 is 0 Å². The minimum atomic E-state index is -0.369. The highest BCUT2D eigenvalue weighted by atomic mass is 16.2. The minimum Gasteiger partial charge on any atom is -0.315 e. The van der Waals surface area contributed by atoms with Gasteiger partial charge in [0.25, 0.3) is 0 Å². The van der Waals surface area contributed by atoms with E-state index in [0.717, 1.165) is 30.9 Å². The molecule has 1 aliphatic rings. The summed E-state index contributed by atoms with van der Waals surface area (Å²) in [5.41, 5.74) is 1.89. The maximum absolute atomic E-state index is 12.4. The lowest BCUT2D eigenvalue weighted by Crippen LogP contribution is -2.25. The van der Waals surface area contributed by atoms with Crippen LogP contribution >= 0.6 is 0 Å². The summed E-state index contributed by atoms with van der Waals surface area (Å²) in [7, 11) is 0. The zero-order valence-corrected chi connectivity index (χ0v) is 13.2. The molecule has 3 rings (SSSR count). The standard InChI is InChI=1S/C15H22N6O/c1-10-8-11(2)21(18-10)12(3)15(22)17-14-5-7-20(19-14)13-4-6-16-9-13/h5,7-8,12-13,16H,4,6,9H2,1-3H3,(H,17,19,22)/t12-,13+/m0/s1. The van der Waals surface area contributed by atoms with E-state index in [2.05, 4.69) is 20.8 Å². The quantitative estimate of drug-likeness (QED) is 0.896. The molecule has 0 saturated carbocycles. The van der Waals surface area contributed by atoms with Crippen molar-refractivity contribution in [3.63, 3.8) is 0 Å². The van der Waals surface area contributed by atoms with Gasteiger partial charge in [0.2, 0.25) is 5.91 Å². The van der Waals surface area contributed by atoms with Gasteiger partial charge in [-0.1, -0.05) is 0 Å². The van der Waals surface area contributed by atoms with E-state index in [-0.39, 0.29) is 11.9 Å². The summed E-state index contributed by atoms with van der Waals surface area (Å²) < 4.78 is 3.66. The van der Waals surface area contributed by atoms with Gasteiger partial charge in [0.05, 0.1) is 11.7 Å². The van der Waals surface area contributed by atoms with Crippen LogP contribution in [0.1, 0.15) is 36.8 Å². The molecular formula is C15H22N6O. The monoisotopic (exact) mass is 302 g/mol. The van der Waals surface area contributed by atoms with Crippen LogP contribution in [0.2, 0.25) is 0 Å². The van der Waals surface area contributed by atoms with Crippen molar-refractivity contribution in [3.05, 3.63) is 29.7 Å². The first-order chi connectivity index (χ1) is 10.5. The fraction of sp³-hybridized carbons (Fsp3) is 0.533. The maximum Gasteiger partial charge on any atom is 0.250 e. The Labute approximate surface area is 129 Å². The van der Waals surface area contributed by atoms with Crippen LogP contribution in [-0.4, -0.2) is 38.6 Å². The van der Waals surface area contributed by atoms with Crippen molar-refractivity contribution in [2.45, 2.75) is 39.3 Å². The molecule has 0 unspecified atom stereocenters. The van der Waals surface area contributed by atoms with Gasteiger partial charge in [-0.05, 0) is 39.8 Å². The number of nitrogens with zero attached hydrogens (tertiary/aromatic N) is 4. The lowest BCUT2D eigenvalue weighted by Gasteiger charge is -2.13. The van der Waals surface area contributed by atoms with Crippen LogP contribution < -0.4 is 10.6 Å². The largest absolute Gasteiger partial charge is 0.315 e. The molecule has 118 valence electrons. The van der Waals surface area contributed by atoms with Crippen LogP contribution in [0.5, 0.6) is 0 Å². The normalized spacial score (nSPS) is 19.3. The molecule has 22 heavy (non-hydrogen) atoms. The lowest BCUT2D eigenvalue weighted by atomic mass is 10.3. The average Bonchev–Trinajstić information content (AvgIpc) is 3.18. The van der Waals surface area contributed by atoms with E-state index in [4.69, 9.17) is 0 Å². The third-order valence-corrected chi connectivity index (χ3v) is 4.06. The molecule has 0 aliphatic carbocycles. The SMILES string of the molecule is Cc1cc(C)n([C@@H](C)C(=O)Nc2ccn([C@@H]3CCNC3)n2)n1. The van der Waals surface area contributed by atoms with E-state index >= 15 is 0 Å². The van der Waals surface area contributed by atoms with E-state index in [1.54, 1.807) is 4.68 Å². The zero-order chi connectivity index (χ0) is 15.7. The first-order valence-electron chi connectivity index (χ1n) is 7.64. The van der Waals surface area contributed by atoms with Crippen molar-refractivity contribution < 1.29 is 4.79 Å². The Morgan fingerprint density at radius 3 is 2.91 bits per heavy atom. The van der Waals surface area contributed by atoms with Gasteiger partial charge < -0.3 is 10.6 Å². The first-order valence-corrected chi connectivity index (χ1v) is 7.64. The first kappa shape index (κ1) is 14.8. The molecule has 7 heteroatoms. The summed E-state index contributed by atoms with van der Waals surface area (Å²) in [5, 5.41) is 15.0. The highest BCUT2D eigenvalue weighted by molar-refractivity contribution is 5.92. The van der Waals surface area contributed by atoms with E-state index in [1.165, 1.54) is 0 Å². The van der Waals surface area contributed by atoms with Gasteiger partial charge in [0.1, 0.15) is 6.04 Å². The predicted molar refractivity (Wildman–Crippen MR) is 83.8 cm³/mol. The lowest BCUT2D eigenvalue weighted by molar-refractivity contribution is -0.119. The Kier molecular flexibility index (Phi) is 3.98. The maximum atomic E-state index is 12.4. The minimum absolute atomic E-state index is 0.110. The van der Waals surface area contributed by atoms with Gasteiger partial charge in [-0.25, -0.2) is 0 Å². The number of aryl methyl sites for hydroxylation is 2. The summed E-state index contributed by atoms with van der Waals surface area (Å²) in [4.78, 5) is 12.4. The van der Waals surface area contributed by atoms with Gasteiger partial charge in [-0.3, -0.25) is 14.2 Å². The summed E-state index contributed by atoms with van der Waals surface area (Å²) >= 11 is 0. The summed E-state index contributed by atoms with van der Waals surface area (Å²) in [6.07, 6.45) is 2.98. The Morgan fingerprint density at radius 1 is 1.45 bits per heavy atom. The molecule has 2 N–H and O–H groups in total. The van der Waals surface area contributed by atoms with E-state index < -0.39 is 0 Å². The molecule has 3 heterocycles. The Bertz CT molecular complexity index is 667. The average molecular weight is 302 g/mol. The van der Waals surface area contributed by atoms with Crippen molar-refractivity contribution >= 4 is 11.7 Å². The van der Waals surface area contributed by atoms with Crippen LogP contribution in [0, 0.1) is 13.8 Å². The second-order valence-electron chi connectivity index (χ2n) is 5.86. The Morgan fingerprint density at radius 2 is 2.27 bits per heavy atom. The summed E-state index contributed by atoms with van der Waals surface area (Å²) in [6, 6.07) is 3.81. The molecule has 1 aliphatic heterocycles. The van der Waals surface area contributed by atoms with Gasteiger partial charge in [0, 0.05) is 24.5 Å². The fourth-order valence-corrected chi connectivity index (χ4v) is 2.85. The molecule has 0 spiro atoms. The molecule has 2 aromatic rings. The number of hydrogen-bond acceptors (Lipinski definition) is 4. The molecule has 1 amide bonds. The number of aromatic nitrogens is 4. The molecule has 1 saturated heterocycles. The summed E-state index contributed by atoms with van der Waals surface area (Å²) in [6.45, 7) is 7.65. The third kappa shape index (κ3) is 2.89. The number of rotatable bonds is 4. The molecule has 2 atom stereocenters. The second kappa shape index (κ2) is 5.92. The summed E-state index contributed by atoms with van der Waals surface area (Å²) in [5.74, 6) is 0.478. The van der Waals surface area contributed by atoms with Crippen molar-refractivity contribution in [2.24, 2.45) is 0 Å². The van der Waals surface area contributed by atoms with Gasteiger partial charge in [-0.15, -0.1) is 0 Å². The topological polar surface area (TPSA) is 76.8 Å². The smallest absolute Gasteiger partial charge is 0.250 e. The van der Waals surface area contributed by atoms with E-state index in [1.807, 2.05) is 43.8 Å². The fourth-order valence-electron chi connectivity index (χ4n) is 2.85. The van der Waals surface area contributed by atoms with Crippen LogP contribution in [0.4, 0.5) is 5.82 Å². The van der Waals surface area contributed by atoms with Crippen LogP contribution in [-0.2, 0) is 4.79 Å². The zero-order valence-electron chi connectivity index (χ0n) is 13.2. The van der Waals surface area contributed by atoms with Crippen molar-refractivity contribution in [1.82, 2.24) is 24.9 Å². The number of amides is 1. The highest BCUT2D eigenvalue weighted by Crippen LogP contribution is 2.17. The molecule has 2 aromatic heterocycles. The molecule has 0 bridgehead atoms. The number of anilines is 1. The Hall–Kier alpha value is -2.15. The number of carbonyl (C=O) groups excluding carboxylic acids is 1. The van der Waals surface area contributed by atoms with Crippen molar-refractivity contribution in [1.29, 1.82) is 0 Å². The highest BCUT2D eigenvalue weighted by Gasteiger charge is 2.20. The number of nitrogens with one attached hydrogen (secondary N) is 2.